The fourth-order valence-corrected chi connectivity index (χ4v) is 3.41. The molecule has 1 aliphatic heterocycles. The third kappa shape index (κ3) is 4.11. The number of benzene rings is 1. The first-order chi connectivity index (χ1) is 11.1. The number of amides is 1. The molecule has 1 aromatic rings. The number of likely N-dealkylation sites (tertiary alicyclic amines) is 1. The van der Waals surface area contributed by atoms with Gasteiger partial charge in [0, 0.05) is 25.0 Å². The first-order valence-electron chi connectivity index (χ1n) is 8.63. The Bertz CT molecular complexity index is 566. The molecule has 0 unspecified atom stereocenters. The van der Waals surface area contributed by atoms with Gasteiger partial charge in [0.25, 0.3) is 0 Å². The van der Waals surface area contributed by atoms with Crippen molar-refractivity contribution in [3.05, 3.63) is 35.4 Å². The van der Waals surface area contributed by atoms with Crippen LogP contribution in [0.5, 0.6) is 0 Å². The molecular formula is C19H27N3O. The van der Waals surface area contributed by atoms with E-state index in [4.69, 9.17) is 5.26 Å². The predicted octanol–water partition coefficient (Wildman–Crippen LogP) is 3.20. The Balaban J connectivity index is 1.96. The zero-order chi connectivity index (χ0) is 16.8. The van der Waals surface area contributed by atoms with Gasteiger partial charge in [0.05, 0.1) is 11.6 Å². The van der Waals surface area contributed by atoms with E-state index < -0.39 is 0 Å². The van der Waals surface area contributed by atoms with Gasteiger partial charge >= 0.3 is 0 Å². The molecule has 1 amide bonds. The second-order valence-corrected chi connectivity index (χ2v) is 6.23. The van der Waals surface area contributed by atoms with Crippen LogP contribution in [0.15, 0.2) is 24.3 Å². The van der Waals surface area contributed by atoms with Crippen LogP contribution in [0.25, 0.3) is 0 Å². The van der Waals surface area contributed by atoms with Crippen molar-refractivity contribution in [3.63, 3.8) is 0 Å². The van der Waals surface area contributed by atoms with Gasteiger partial charge in [-0.2, -0.15) is 5.26 Å². The molecule has 23 heavy (non-hydrogen) atoms. The van der Waals surface area contributed by atoms with Gasteiger partial charge in [-0.3, -0.25) is 9.69 Å². The van der Waals surface area contributed by atoms with E-state index >= 15 is 0 Å². The van der Waals surface area contributed by atoms with Crippen LogP contribution in [0.2, 0.25) is 0 Å². The molecule has 2 rings (SSSR count). The minimum Gasteiger partial charge on any atom is -0.343 e. The van der Waals surface area contributed by atoms with Crippen molar-refractivity contribution in [1.29, 1.82) is 5.26 Å². The van der Waals surface area contributed by atoms with E-state index in [9.17, 15) is 4.79 Å². The Morgan fingerprint density at radius 1 is 1.35 bits per heavy atom. The molecular weight excluding hydrogens is 286 g/mol. The van der Waals surface area contributed by atoms with E-state index in [0.717, 1.165) is 39.0 Å². The monoisotopic (exact) mass is 313 g/mol. The highest BCUT2D eigenvalue weighted by atomic mass is 16.2. The Labute approximate surface area is 139 Å². The number of hydrogen-bond donors (Lipinski definition) is 0. The maximum Gasteiger partial charge on any atom is 0.225 e. The van der Waals surface area contributed by atoms with Crippen LogP contribution in [-0.4, -0.2) is 41.9 Å². The second-order valence-electron chi connectivity index (χ2n) is 6.23. The molecule has 0 aliphatic carbocycles. The summed E-state index contributed by atoms with van der Waals surface area (Å²) in [6.45, 7) is 9.75. The molecule has 1 saturated heterocycles. The molecule has 1 fully saturated rings. The Kier molecular flexibility index (Phi) is 6.18. The molecule has 4 nitrogen and oxygen atoms in total. The maximum atomic E-state index is 12.5. The molecule has 0 aromatic heterocycles. The standard InChI is InChI=1S/C19H27N3O/c1-4-21(5-2)19(23)17-9-11-22(12-10-17)15(3)18-8-6-7-16(13-18)14-20/h6-8,13,15,17H,4-5,9-12H2,1-3H3/t15-/m0/s1. The lowest BCUT2D eigenvalue weighted by atomic mass is 9.93. The molecule has 1 heterocycles. The van der Waals surface area contributed by atoms with Crippen LogP contribution in [-0.2, 0) is 4.79 Å². The minimum absolute atomic E-state index is 0.170. The van der Waals surface area contributed by atoms with E-state index in [2.05, 4.69) is 24.0 Å². The number of rotatable bonds is 5. The van der Waals surface area contributed by atoms with E-state index in [0.29, 0.717) is 11.5 Å². The SMILES string of the molecule is CCN(CC)C(=O)C1CCN([C@@H](C)c2cccc(C#N)c2)CC1. The maximum absolute atomic E-state index is 12.5. The third-order valence-corrected chi connectivity index (χ3v) is 5.00. The highest BCUT2D eigenvalue weighted by molar-refractivity contribution is 5.78. The highest BCUT2D eigenvalue weighted by Gasteiger charge is 2.29. The summed E-state index contributed by atoms with van der Waals surface area (Å²) in [4.78, 5) is 16.8. The summed E-state index contributed by atoms with van der Waals surface area (Å²) in [7, 11) is 0. The van der Waals surface area contributed by atoms with Gasteiger partial charge in [-0.15, -0.1) is 0 Å². The Hall–Kier alpha value is -1.86. The van der Waals surface area contributed by atoms with Gasteiger partial charge in [0.1, 0.15) is 0 Å². The Morgan fingerprint density at radius 3 is 2.57 bits per heavy atom. The molecule has 1 atom stereocenters. The van der Waals surface area contributed by atoms with Crippen molar-refractivity contribution in [2.75, 3.05) is 26.2 Å². The number of carbonyl (C=O) groups is 1. The summed E-state index contributed by atoms with van der Waals surface area (Å²) >= 11 is 0. The minimum atomic E-state index is 0.170. The van der Waals surface area contributed by atoms with Gasteiger partial charge in [0.2, 0.25) is 5.91 Å². The lowest BCUT2D eigenvalue weighted by Gasteiger charge is -2.37. The number of piperidine rings is 1. The van der Waals surface area contributed by atoms with Crippen LogP contribution < -0.4 is 0 Å². The topological polar surface area (TPSA) is 47.3 Å². The summed E-state index contributed by atoms with van der Waals surface area (Å²) < 4.78 is 0. The van der Waals surface area contributed by atoms with Gasteiger partial charge in [-0.05, 0) is 64.4 Å². The molecule has 4 heteroatoms. The first-order valence-corrected chi connectivity index (χ1v) is 8.63. The summed E-state index contributed by atoms with van der Waals surface area (Å²) in [5.41, 5.74) is 1.89. The second kappa shape index (κ2) is 8.12. The summed E-state index contributed by atoms with van der Waals surface area (Å²) in [6.07, 6.45) is 1.86. The quantitative estimate of drug-likeness (QED) is 0.838. The smallest absolute Gasteiger partial charge is 0.225 e. The van der Waals surface area contributed by atoms with E-state index in [1.165, 1.54) is 5.56 Å². The first kappa shape index (κ1) is 17.5. The normalized spacial score (nSPS) is 17.5. The lowest BCUT2D eigenvalue weighted by molar-refractivity contribution is -0.136. The fourth-order valence-electron chi connectivity index (χ4n) is 3.41. The summed E-state index contributed by atoms with van der Waals surface area (Å²) in [6, 6.07) is 10.3. The predicted molar refractivity (Wildman–Crippen MR) is 91.8 cm³/mol. The third-order valence-electron chi connectivity index (χ3n) is 5.00. The number of nitrogens with zero attached hydrogens (tertiary/aromatic N) is 3. The zero-order valence-corrected chi connectivity index (χ0v) is 14.5. The molecule has 124 valence electrons. The van der Waals surface area contributed by atoms with Gasteiger partial charge in [-0.1, -0.05) is 12.1 Å². The van der Waals surface area contributed by atoms with Crippen molar-refractivity contribution in [2.45, 2.75) is 39.7 Å². The lowest BCUT2D eigenvalue weighted by Crippen LogP contribution is -2.43. The van der Waals surface area contributed by atoms with Crippen LogP contribution in [0, 0.1) is 17.2 Å². The molecule has 0 bridgehead atoms. The van der Waals surface area contributed by atoms with Crippen LogP contribution in [0.1, 0.15) is 50.8 Å². The molecule has 0 saturated carbocycles. The molecule has 1 aliphatic rings. The van der Waals surface area contributed by atoms with Gasteiger partial charge < -0.3 is 4.90 Å². The van der Waals surface area contributed by atoms with E-state index in [-0.39, 0.29) is 12.0 Å². The van der Waals surface area contributed by atoms with Gasteiger partial charge in [0.15, 0.2) is 0 Å². The number of carbonyl (C=O) groups excluding carboxylic acids is 1. The number of nitriles is 1. The Morgan fingerprint density at radius 2 is 2.00 bits per heavy atom. The largest absolute Gasteiger partial charge is 0.343 e. The highest BCUT2D eigenvalue weighted by Crippen LogP contribution is 2.27. The van der Waals surface area contributed by atoms with Crippen LogP contribution >= 0.6 is 0 Å². The summed E-state index contributed by atoms with van der Waals surface area (Å²) in [5.74, 6) is 0.484. The summed E-state index contributed by atoms with van der Waals surface area (Å²) in [5, 5.41) is 9.04. The van der Waals surface area contributed by atoms with Crippen molar-refractivity contribution in [2.24, 2.45) is 5.92 Å². The fraction of sp³-hybridized carbons (Fsp3) is 0.579. The molecule has 0 N–H and O–H groups in total. The van der Waals surface area contributed by atoms with Crippen LogP contribution in [0.4, 0.5) is 0 Å². The molecule has 0 spiro atoms. The van der Waals surface area contributed by atoms with Crippen molar-refractivity contribution >= 4 is 5.91 Å². The van der Waals surface area contributed by atoms with E-state index in [1.54, 1.807) is 0 Å². The van der Waals surface area contributed by atoms with E-state index in [1.807, 2.05) is 36.9 Å². The average molecular weight is 313 g/mol. The average Bonchev–Trinajstić information content (AvgIpc) is 2.62. The van der Waals surface area contributed by atoms with Gasteiger partial charge in [-0.25, -0.2) is 0 Å². The van der Waals surface area contributed by atoms with Crippen molar-refractivity contribution < 1.29 is 4.79 Å². The molecule has 1 aromatic carbocycles. The van der Waals surface area contributed by atoms with Crippen molar-refractivity contribution in [1.82, 2.24) is 9.80 Å². The molecule has 0 radical (unpaired) electrons. The zero-order valence-electron chi connectivity index (χ0n) is 14.5. The van der Waals surface area contributed by atoms with Crippen molar-refractivity contribution in [3.8, 4) is 6.07 Å². The van der Waals surface area contributed by atoms with Crippen LogP contribution in [0.3, 0.4) is 0 Å². The number of hydrogen-bond acceptors (Lipinski definition) is 3.